The van der Waals surface area contributed by atoms with Gasteiger partial charge in [-0.2, -0.15) is 22.0 Å². The Morgan fingerprint density at radius 2 is 1.30 bits per heavy atom. The molecule has 1 aromatic carbocycles. The number of alkyl halides is 5. The van der Waals surface area contributed by atoms with Crippen molar-refractivity contribution in [3.63, 3.8) is 0 Å². The molecule has 0 heterocycles. The quantitative estimate of drug-likeness (QED) is 0.453. The molecule has 1 nitrogen and oxygen atoms in total. The first-order chi connectivity index (χ1) is 10.5. The van der Waals surface area contributed by atoms with Crippen molar-refractivity contribution >= 4 is 5.78 Å². The first-order valence-electron chi connectivity index (χ1n) is 7.59. The van der Waals surface area contributed by atoms with E-state index >= 15 is 0 Å². The number of halogens is 5. The van der Waals surface area contributed by atoms with Gasteiger partial charge in [0.25, 0.3) is 0 Å². The molecular weight excluding hydrogens is 315 g/mol. The molecule has 0 saturated carbocycles. The number of rotatable bonds is 6. The Balaban J connectivity index is 3.43. The fraction of sp³-hybridized carbons (Fsp3) is 0.588. The number of carbonyl (C=O) groups is 1. The van der Waals surface area contributed by atoms with E-state index in [0.717, 1.165) is 12.1 Å². The predicted molar refractivity (Wildman–Crippen MR) is 79.2 cm³/mol. The second kappa shape index (κ2) is 6.97. The van der Waals surface area contributed by atoms with Gasteiger partial charge in [-0.05, 0) is 47.9 Å². The van der Waals surface area contributed by atoms with Gasteiger partial charge in [0, 0.05) is 5.56 Å². The van der Waals surface area contributed by atoms with Crippen LogP contribution in [0.2, 0.25) is 0 Å². The molecule has 0 aliphatic carbocycles. The highest BCUT2D eigenvalue weighted by molar-refractivity contribution is 6.02. The van der Waals surface area contributed by atoms with Crippen molar-refractivity contribution in [2.45, 2.75) is 64.5 Å². The topological polar surface area (TPSA) is 17.1 Å². The summed E-state index contributed by atoms with van der Waals surface area (Å²) < 4.78 is 64.1. The average Bonchev–Trinajstić information content (AvgIpc) is 2.50. The lowest BCUT2D eigenvalue weighted by Gasteiger charge is -2.21. The molecule has 0 amide bonds. The normalized spacial score (nSPS) is 15.3. The zero-order valence-electron chi connectivity index (χ0n) is 13.6. The molecule has 1 aromatic rings. The van der Waals surface area contributed by atoms with Gasteiger partial charge in [-0.1, -0.05) is 33.8 Å². The van der Waals surface area contributed by atoms with Crippen LogP contribution in [0.15, 0.2) is 18.2 Å². The molecule has 6 heteroatoms. The van der Waals surface area contributed by atoms with Gasteiger partial charge in [-0.3, -0.25) is 4.79 Å². The lowest BCUT2D eigenvalue weighted by Crippen LogP contribution is -2.44. The summed E-state index contributed by atoms with van der Waals surface area (Å²) >= 11 is 0. The van der Waals surface area contributed by atoms with E-state index in [1.54, 1.807) is 6.07 Å². The van der Waals surface area contributed by atoms with Crippen LogP contribution >= 0.6 is 0 Å². The van der Waals surface area contributed by atoms with Gasteiger partial charge in [0.2, 0.25) is 5.78 Å². The Labute approximate surface area is 132 Å². The predicted octanol–water partition coefficient (Wildman–Crippen LogP) is 6.09. The third-order valence-electron chi connectivity index (χ3n) is 4.24. The summed E-state index contributed by atoms with van der Waals surface area (Å²) in [6.45, 7) is 7.44. The fourth-order valence-electron chi connectivity index (χ4n) is 2.16. The molecule has 2 atom stereocenters. The lowest BCUT2D eigenvalue weighted by molar-refractivity contribution is -0.255. The summed E-state index contributed by atoms with van der Waals surface area (Å²) in [4.78, 5) is 11.8. The van der Waals surface area contributed by atoms with Crippen molar-refractivity contribution in [1.29, 1.82) is 0 Å². The number of hydrogen-bond acceptors (Lipinski definition) is 1. The highest BCUT2D eigenvalue weighted by Crippen LogP contribution is 2.39. The maximum absolute atomic E-state index is 13.4. The Hall–Kier alpha value is -1.46. The Morgan fingerprint density at radius 1 is 0.913 bits per heavy atom. The average molecular weight is 336 g/mol. The van der Waals surface area contributed by atoms with Crippen LogP contribution in [-0.2, 0) is 0 Å². The summed E-state index contributed by atoms with van der Waals surface area (Å²) in [5.41, 5.74) is 0.624. The van der Waals surface area contributed by atoms with Crippen LogP contribution < -0.4 is 0 Å². The molecule has 130 valence electrons. The van der Waals surface area contributed by atoms with Gasteiger partial charge in [-0.25, -0.2) is 0 Å². The van der Waals surface area contributed by atoms with Crippen LogP contribution in [0, 0.1) is 0 Å². The molecule has 0 aromatic heterocycles. The number of hydrogen-bond donors (Lipinski definition) is 0. The van der Waals surface area contributed by atoms with Gasteiger partial charge in [0.1, 0.15) is 0 Å². The summed E-state index contributed by atoms with van der Waals surface area (Å²) in [5.74, 6) is -7.65. The molecule has 0 radical (unpaired) electrons. The van der Waals surface area contributed by atoms with Crippen LogP contribution in [0.1, 0.15) is 73.9 Å². The summed E-state index contributed by atoms with van der Waals surface area (Å²) in [7, 11) is 0. The molecule has 0 saturated heterocycles. The molecule has 0 aliphatic heterocycles. The summed E-state index contributed by atoms with van der Waals surface area (Å²) in [6.07, 6.45) is -4.52. The standard InChI is InChI=1S/C17H21F5O/c1-5-10(3)12-7-13(11(4)6-2)9-14(8-12)15(23)16(18,19)17(20,21)22/h7-11H,5-6H2,1-4H3. The minimum Gasteiger partial charge on any atom is -0.287 e. The Bertz CT molecular complexity index is 534. The zero-order valence-corrected chi connectivity index (χ0v) is 13.6. The molecule has 1 rings (SSSR count). The molecule has 0 N–H and O–H groups in total. The molecular formula is C17H21F5O. The SMILES string of the molecule is CCC(C)c1cc(C(=O)C(F)(F)C(F)(F)F)cc(C(C)CC)c1. The van der Waals surface area contributed by atoms with E-state index in [4.69, 9.17) is 0 Å². The van der Waals surface area contributed by atoms with Crippen molar-refractivity contribution in [3.05, 3.63) is 34.9 Å². The Kier molecular flexibility index (Phi) is 5.94. The smallest absolute Gasteiger partial charge is 0.287 e. The molecule has 0 bridgehead atoms. The van der Waals surface area contributed by atoms with Crippen molar-refractivity contribution in [3.8, 4) is 0 Å². The van der Waals surface area contributed by atoms with E-state index in [1.165, 1.54) is 0 Å². The van der Waals surface area contributed by atoms with E-state index in [1.807, 2.05) is 27.7 Å². The van der Waals surface area contributed by atoms with Crippen LogP contribution in [0.3, 0.4) is 0 Å². The maximum atomic E-state index is 13.4. The van der Waals surface area contributed by atoms with Crippen LogP contribution in [0.5, 0.6) is 0 Å². The minimum atomic E-state index is -5.90. The first kappa shape index (κ1) is 19.6. The summed E-state index contributed by atoms with van der Waals surface area (Å²) in [6, 6.07) is 4.09. The second-order valence-electron chi connectivity index (χ2n) is 5.91. The van der Waals surface area contributed by atoms with E-state index in [-0.39, 0.29) is 11.8 Å². The molecule has 2 unspecified atom stereocenters. The van der Waals surface area contributed by atoms with Crippen molar-refractivity contribution in [2.24, 2.45) is 0 Å². The van der Waals surface area contributed by atoms with Gasteiger partial charge in [0.15, 0.2) is 0 Å². The number of Topliss-reactive ketones (excluding diaryl/α,β-unsaturated/α-hetero) is 1. The van der Waals surface area contributed by atoms with E-state index in [9.17, 15) is 26.7 Å². The number of benzene rings is 1. The molecule has 23 heavy (non-hydrogen) atoms. The van der Waals surface area contributed by atoms with Gasteiger partial charge < -0.3 is 0 Å². The number of carbonyl (C=O) groups excluding carboxylic acids is 1. The fourth-order valence-corrected chi connectivity index (χ4v) is 2.16. The largest absolute Gasteiger partial charge is 0.461 e. The van der Waals surface area contributed by atoms with E-state index < -0.39 is 23.4 Å². The van der Waals surface area contributed by atoms with Crippen LogP contribution in [0.4, 0.5) is 22.0 Å². The highest BCUT2D eigenvalue weighted by atomic mass is 19.4. The number of ketones is 1. The van der Waals surface area contributed by atoms with Gasteiger partial charge in [0.05, 0.1) is 0 Å². The van der Waals surface area contributed by atoms with Gasteiger partial charge >= 0.3 is 12.1 Å². The van der Waals surface area contributed by atoms with Crippen LogP contribution in [0.25, 0.3) is 0 Å². The monoisotopic (exact) mass is 336 g/mol. The van der Waals surface area contributed by atoms with Crippen molar-refractivity contribution in [1.82, 2.24) is 0 Å². The highest BCUT2D eigenvalue weighted by Gasteiger charge is 2.63. The van der Waals surface area contributed by atoms with E-state index in [2.05, 4.69) is 0 Å². The van der Waals surface area contributed by atoms with Crippen LogP contribution in [-0.4, -0.2) is 17.9 Å². The molecule has 0 spiro atoms. The zero-order chi connectivity index (χ0) is 18.0. The third kappa shape index (κ3) is 4.09. The third-order valence-corrected chi connectivity index (χ3v) is 4.24. The van der Waals surface area contributed by atoms with E-state index in [0.29, 0.717) is 24.0 Å². The second-order valence-corrected chi connectivity index (χ2v) is 5.91. The molecule has 0 aliphatic rings. The minimum absolute atomic E-state index is 0.0370. The maximum Gasteiger partial charge on any atom is 0.461 e. The van der Waals surface area contributed by atoms with Crippen molar-refractivity contribution in [2.75, 3.05) is 0 Å². The van der Waals surface area contributed by atoms with Crippen molar-refractivity contribution < 1.29 is 26.7 Å². The Morgan fingerprint density at radius 3 is 1.61 bits per heavy atom. The van der Waals surface area contributed by atoms with Gasteiger partial charge in [-0.15, -0.1) is 0 Å². The summed E-state index contributed by atoms with van der Waals surface area (Å²) in [5, 5.41) is 0. The first-order valence-corrected chi connectivity index (χ1v) is 7.59. The molecule has 0 fully saturated rings. The lowest BCUT2D eigenvalue weighted by atomic mass is 9.88.